The monoisotopic (exact) mass is 222 g/mol. The first-order chi connectivity index (χ1) is 7.88. The lowest BCUT2D eigenvalue weighted by molar-refractivity contribution is -0.123. The van der Waals surface area contributed by atoms with Crippen molar-refractivity contribution in [1.82, 2.24) is 0 Å². The van der Waals surface area contributed by atoms with Crippen molar-refractivity contribution in [1.29, 1.82) is 0 Å². The molecule has 16 heavy (non-hydrogen) atoms. The van der Waals surface area contributed by atoms with E-state index in [0.29, 0.717) is 12.4 Å². The number of rotatable bonds is 2. The minimum Gasteiger partial charge on any atom is -0.381 e. The standard InChI is InChI=1S/C14H22O2/c15-14(13-9-6-10-16-11-13)12-7-4-2-1-3-5-8-12/h7,13H,1-6,8-11H2. The van der Waals surface area contributed by atoms with E-state index >= 15 is 0 Å². The van der Waals surface area contributed by atoms with Gasteiger partial charge in [0.2, 0.25) is 0 Å². The molecule has 2 nitrogen and oxygen atoms in total. The van der Waals surface area contributed by atoms with E-state index in [2.05, 4.69) is 6.08 Å². The molecule has 1 aliphatic heterocycles. The summed E-state index contributed by atoms with van der Waals surface area (Å²) < 4.78 is 5.40. The van der Waals surface area contributed by atoms with Crippen molar-refractivity contribution in [3.05, 3.63) is 11.6 Å². The number of carbonyl (C=O) groups is 1. The van der Waals surface area contributed by atoms with E-state index in [0.717, 1.165) is 37.9 Å². The van der Waals surface area contributed by atoms with Gasteiger partial charge in [0.25, 0.3) is 0 Å². The van der Waals surface area contributed by atoms with Crippen molar-refractivity contribution >= 4 is 5.78 Å². The van der Waals surface area contributed by atoms with Crippen LogP contribution in [0.15, 0.2) is 11.6 Å². The smallest absolute Gasteiger partial charge is 0.163 e. The second kappa shape index (κ2) is 6.19. The SMILES string of the molecule is O=C(C1=CCCCCCC1)C1CCCOC1. The van der Waals surface area contributed by atoms with Crippen LogP contribution in [0.3, 0.4) is 0 Å². The maximum absolute atomic E-state index is 12.3. The lowest BCUT2D eigenvalue weighted by atomic mass is 9.88. The van der Waals surface area contributed by atoms with E-state index in [1.54, 1.807) is 0 Å². The highest BCUT2D eigenvalue weighted by molar-refractivity contribution is 5.97. The van der Waals surface area contributed by atoms with Crippen LogP contribution >= 0.6 is 0 Å². The Labute approximate surface area is 98.1 Å². The van der Waals surface area contributed by atoms with E-state index in [9.17, 15) is 4.79 Å². The van der Waals surface area contributed by atoms with Crippen molar-refractivity contribution < 1.29 is 9.53 Å². The molecule has 1 fully saturated rings. The summed E-state index contributed by atoms with van der Waals surface area (Å²) in [5.41, 5.74) is 1.09. The molecule has 1 aliphatic carbocycles. The fourth-order valence-corrected chi connectivity index (χ4v) is 2.63. The molecule has 1 atom stereocenters. The quantitative estimate of drug-likeness (QED) is 0.717. The third kappa shape index (κ3) is 3.18. The summed E-state index contributed by atoms with van der Waals surface area (Å²) >= 11 is 0. The van der Waals surface area contributed by atoms with E-state index < -0.39 is 0 Å². The maximum atomic E-state index is 12.3. The van der Waals surface area contributed by atoms with Gasteiger partial charge in [0.15, 0.2) is 5.78 Å². The van der Waals surface area contributed by atoms with Crippen LogP contribution in [-0.2, 0) is 9.53 Å². The average Bonchev–Trinajstić information content (AvgIpc) is 2.29. The number of ketones is 1. The van der Waals surface area contributed by atoms with Gasteiger partial charge in [0.05, 0.1) is 6.61 Å². The van der Waals surface area contributed by atoms with Crippen LogP contribution < -0.4 is 0 Å². The summed E-state index contributed by atoms with van der Waals surface area (Å²) in [7, 11) is 0. The highest BCUT2D eigenvalue weighted by Gasteiger charge is 2.24. The predicted octanol–water partition coefficient (Wildman–Crippen LogP) is 3.26. The van der Waals surface area contributed by atoms with Crippen molar-refractivity contribution in [2.75, 3.05) is 13.2 Å². The number of hydrogen-bond acceptors (Lipinski definition) is 2. The molecule has 0 amide bonds. The molecule has 0 aromatic rings. The number of ether oxygens (including phenoxy) is 1. The van der Waals surface area contributed by atoms with Crippen LogP contribution in [-0.4, -0.2) is 19.0 Å². The number of carbonyl (C=O) groups excluding carboxylic acids is 1. The van der Waals surface area contributed by atoms with Gasteiger partial charge in [-0.2, -0.15) is 0 Å². The van der Waals surface area contributed by atoms with Gasteiger partial charge < -0.3 is 4.74 Å². The summed E-state index contributed by atoms with van der Waals surface area (Å²) in [5, 5.41) is 0. The Morgan fingerprint density at radius 2 is 2.06 bits per heavy atom. The molecular weight excluding hydrogens is 200 g/mol. The van der Waals surface area contributed by atoms with E-state index in [-0.39, 0.29) is 5.92 Å². The molecule has 1 heterocycles. The lowest BCUT2D eigenvalue weighted by Crippen LogP contribution is -2.26. The first kappa shape index (κ1) is 11.8. The second-order valence-corrected chi connectivity index (χ2v) is 4.96. The van der Waals surface area contributed by atoms with Gasteiger partial charge in [-0.3, -0.25) is 4.79 Å². The highest BCUT2D eigenvalue weighted by atomic mass is 16.5. The molecule has 2 heteroatoms. The molecule has 0 bridgehead atoms. The topological polar surface area (TPSA) is 26.3 Å². The minimum absolute atomic E-state index is 0.152. The molecule has 0 saturated carbocycles. The summed E-state index contributed by atoms with van der Waals surface area (Å²) in [6, 6.07) is 0. The average molecular weight is 222 g/mol. The van der Waals surface area contributed by atoms with Crippen molar-refractivity contribution in [3.8, 4) is 0 Å². The van der Waals surface area contributed by atoms with Gasteiger partial charge >= 0.3 is 0 Å². The van der Waals surface area contributed by atoms with Crippen LogP contribution in [0.25, 0.3) is 0 Å². The molecule has 0 N–H and O–H groups in total. The molecule has 0 aromatic heterocycles. The second-order valence-electron chi connectivity index (χ2n) is 4.96. The van der Waals surface area contributed by atoms with Crippen LogP contribution in [0.4, 0.5) is 0 Å². The van der Waals surface area contributed by atoms with Crippen molar-refractivity contribution in [2.24, 2.45) is 5.92 Å². The summed E-state index contributed by atoms with van der Waals surface area (Å²) in [4.78, 5) is 12.3. The van der Waals surface area contributed by atoms with Gasteiger partial charge in [-0.1, -0.05) is 18.9 Å². The Balaban J connectivity index is 1.95. The fourth-order valence-electron chi connectivity index (χ4n) is 2.63. The van der Waals surface area contributed by atoms with Gasteiger partial charge in [-0.05, 0) is 44.1 Å². The molecular formula is C14H22O2. The zero-order chi connectivity index (χ0) is 11.2. The van der Waals surface area contributed by atoms with Crippen LogP contribution in [0.2, 0.25) is 0 Å². The van der Waals surface area contributed by atoms with Crippen LogP contribution in [0.1, 0.15) is 51.4 Å². The first-order valence-corrected chi connectivity index (χ1v) is 6.69. The van der Waals surface area contributed by atoms with Crippen molar-refractivity contribution in [2.45, 2.75) is 51.4 Å². The molecule has 0 aromatic carbocycles. The first-order valence-electron chi connectivity index (χ1n) is 6.69. The number of hydrogen-bond donors (Lipinski definition) is 0. The minimum atomic E-state index is 0.152. The lowest BCUT2D eigenvalue weighted by Gasteiger charge is -2.22. The van der Waals surface area contributed by atoms with E-state index in [1.807, 2.05) is 0 Å². The Hall–Kier alpha value is -0.630. The third-order valence-electron chi connectivity index (χ3n) is 3.64. The summed E-state index contributed by atoms with van der Waals surface area (Å²) in [5.74, 6) is 0.529. The Bertz CT molecular complexity index is 262. The van der Waals surface area contributed by atoms with E-state index in [1.165, 1.54) is 25.7 Å². The molecule has 0 radical (unpaired) electrons. The maximum Gasteiger partial charge on any atom is 0.163 e. The predicted molar refractivity (Wildman–Crippen MR) is 64.3 cm³/mol. The molecule has 2 rings (SSSR count). The van der Waals surface area contributed by atoms with Crippen LogP contribution in [0, 0.1) is 5.92 Å². The molecule has 90 valence electrons. The Kier molecular flexibility index (Phi) is 4.58. The summed E-state index contributed by atoms with van der Waals surface area (Å²) in [6.45, 7) is 1.49. The number of allylic oxidation sites excluding steroid dienone is 2. The van der Waals surface area contributed by atoms with Gasteiger partial charge in [0.1, 0.15) is 0 Å². The zero-order valence-electron chi connectivity index (χ0n) is 10.0. The normalized spacial score (nSPS) is 27.8. The Morgan fingerprint density at radius 3 is 2.88 bits per heavy atom. The molecule has 2 aliphatic rings. The molecule has 1 unspecified atom stereocenters. The van der Waals surface area contributed by atoms with Gasteiger partial charge in [0, 0.05) is 12.5 Å². The third-order valence-corrected chi connectivity index (χ3v) is 3.64. The van der Waals surface area contributed by atoms with Gasteiger partial charge in [-0.15, -0.1) is 0 Å². The Morgan fingerprint density at radius 1 is 1.19 bits per heavy atom. The van der Waals surface area contributed by atoms with Crippen LogP contribution in [0.5, 0.6) is 0 Å². The zero-order valence-corrected chi connectivity index (χ0v) is 10.0. The van der Waals surface area contributed by atoms with Gasteiger partial charge in [-0.25, -0.2) is 0 Å². The molecule has 0 spiro atoms. The largest absolute Gasteiger partial charge is 0.381 e. The van der Waals surface area contributed by atoms with Crippen molar-refractivity contribution in [3.63, 3.8) is 0 Å². The van der Waals surface area contributed by atoms with E-state index in [4.69, 9.17) is 4.74 Å². The molecule has 1 saturated heterocycles. The number of Topliss-reactive ketones (excluding diaryl/α,β-unsaturated/α-hetero) is 1. The highest BCUT2D eigenvalue weighted by Crippen LogP contribution is 2.24. The summed E-state index contributed by atoms with van der Waals surface area (Å²) in [6.07, 6.45) is 11.4. The fraction of sp³-hybridized carbons (Fsp3) is 0.786.